The second-order valence-electron chi connectivity index (χ2n) is 6.18. The highest BCUT2D eigenvalue weighted by molar-refractivity contribution is 5.66. The molecule has 4 nitrogen and oxygen atoms in total. The first kappa shape index (κ1) is 18.1. The van der Waals surface area contributed by atoms with Gasteiger partial charge < -0.3 is 14.2 Å². The van der Waals surface area contributed by atoms with E-state index in [0.717, 1.165) is 5.56 Å². The lowest BCUT2D eigenvalue weighted by Crippen LogP contribution is -2.33. The van der Waals surface area contributed by atoms with Crippen molar-refractivity contribution < 1.29 is 23.4 Å². The van der Waals surface area contributed by atoms with E-state index in [-0.39, 0.29) is 17.8 Å². The van der Waals surface area contributed by atoms with Crippen molar-refractivity contribution in [3.63, 3.8) is 0 Å². The van der Waals surface area contributed by atoms with Crippen LogP contribution in [0.1, 0.15) is 31.1 Å². The Morgan fingerprint density at radius 3 is 2.58 bits per heavy atom. The van der Waals surface area contributed by atoms with Crippen molar-refractivity contribution in [2.45, 2.75) is 38.8 Å². The van der Waals surface area contributed by atoms with Gasteiger partial charge in [-0.05, 0) is 36.3 Å². The largest absolute Gasteiger partial charge is 0.486 e. The van der Waals surface area contributed by atoms with Crippen molar-refractivity contribution in [1.29, 1.82) is 0 Å². The Morgan fingerprint density at radius 1 is 1.15 bits per heavy atom. The molecule has 0 amide bonds. The van der Waals surface area contributed by atoms with Gasteiger partial charge in [0.25, 0.3) is 0 Å². The van der Waals surface area contributed by atoms with Crippen molar-refractivity contribution in [2.24, 2.45) is 0 Å². The number of carbonyl (C=O) groups is 1. The predicted molar refractivity (Wildman–Crippen MR) is 95.2 cm³/mol. The minimum atomic E-state index is -0.440. The molecule has 26 heavy (non-hydrogen) atoms. The van der Waals surface area contributed by atoms with Crippen molar-refractivity contribution in [3.8, 4) is 5.75 Å². The fourth-order valence-corrected chi connectivity index (χ4v) is 2.78. The zero-order valence-electron chi connectivity index (χ0n) is 14.7. The van der Waals surface area contributed by atoms with Gasteiger partial charge in [0, 0.05) is 6.92 Å². The normalized spacial score (nSPS) is 22.0. The lowest BCUT2D eigenvalue weighted by atomic mass is 10.0. The third-order valence-electron chi connectivity index (χ3n) is 4.12. The topological polar surface area (TPSA) is 44.8 Å². The van der Waals surface area contributed by atoms with Gasteiger partial charge in [-0.2, -0.15) is 0 Å². The number of carbonyl (C=O) groups excluding carboxylic acids is 1. The summed E-state index contributed by atoms with van der Waals surface area (Å²) in [4.78, 5) is 11.1. The summed E-state index contributed by atoms with van der Waals surface area (Å²) in [6.07, 6.45) is 2.41. The van der Waals surface area contributed by atoms with Gasteiger partial charge in [-0.15, -0.1) is 0 Å². The van der Waals surface area contributed by atoms with Crippen LogP contribution in [0.2, 0.25) is 0 Å². The number of hydrogen-bond donors (Lipinski definition) is 0. The molecule has 0 fully saturated rings. The van der Waals surface area contributed by atoms with Crippen LogP contribution < -0.4 is 4.74 Å². The molecular weight excluding hydrogens is 335 g/mol. The van der Waals surface area contributed by atoms with E-state index in [1.807, 2.05) is 37.3 Å². The average molecular weight is 356 g/mol. The predicted octanol–water partition coefficient (Wildman–Crippen LogP) is 4.35. The van der Waals surface area contributed by atoms with Crippen LogP contribution in [0.15, 0.2) is 60.7 Å². The fourth-order valence-electron chi connectivity index (χ4n) is 2.78. The molecule has 0 unspecified atom stereocenters. The van der Waals surface area contributed by atoms with Crippen LogP contribution in [0.4, 0.5) is 4.39 Å². The summed E-state index contributed by atoms with van der Waals surface area (Å²) in [5, 5.41) is 0. The van der Waals surface area contributed by atoms with Crippen LogP contribution in [0, 0.1) is 5.82 Å². The van der Waals surface area contributed by atoms with Crippen LogP contribution in [0.3, 0.4) is 0 Å². The summed E-state index contributed by atoms with van der Waals surface area (Å²) in [7, 11) is 0. The molecule has 3 rings (SSSR count). The zero-order chi connectivity index (χ0) is 18.5. The molecular formula is C21H21FO4. The first-order chi connectivity index (χ1) is 12.5. The lowest BCUT2D eigenvalue weighted by Gasteiger charge is -2.29. The molecule has 0 saturated heterocycles. The monoisotopic (exact) mass is 356 g/mol. The number of hydrogen-bond acceptors (Lipinski definition) is 4. The summed E-state index contributed by atoms with van der Waals surface area (Å²) in [5.74, 6) is -0.604. The van der Waals surface area contributed by atoms with Gasteiger partial charge >= 0.3 is 5.97 Å². The maximum atomic E-state index is 14.4. The van der Waals surface area contributed by atoms with E-state index < -0.39 is 18.0 Å². The number of ether oxygens (including phenoxy) is 3. The maximum absolute atomic E-state index is 14.4. The molecule has 0 aromatic heterocycles. The first-order valence-electron chi connectivity index (χ1n) is 8.50. The van der Waals surface area contributed by atoms with E-state index in [4.69, 9.17) is 14.2 Å². The molecule has 136 valence electrons. The Labute approximate surface area is 152 Å². The fraction of sp³-hybridized carbons (Fsp3) is 0.286. The lowest BCUT2D eigenvalue weighted by molar-refractivity contribution is -0.153. The summed E-state index contributed by atoms with van der Waals surface area (Å²) >= 11 is 0. The van der Waals surface area contributed by atoms with Gasteiger partial charge in [-0.25, -0.2) is 4.39 Å². The molecule has 1 heterocycles. The Bertz CT molecular complexity index is 788. The Kier molecular flexibility index (Phi) is 5.68. The molecule has 0 N–H and O–H groups in total. The molecule has 2 aromatic rings. The Balaban J connectivity index is 1.67. The smallest absolute Gasteiger partial charge is 0.303 e. The minimum Gasteiger partial charge on any atom is -0.486 e. The van der Waals surface area contributed by atoms with Crippen molar-refractivity contribution in [1.82, 2.24) is 0 Å². The SMILES string of the molecule is CC(=O)O[C@H]1C=C[C@@H](c2ccc(OCc3ccccc3)c(F)c2)O[C@@H]1C. The molecule has 1 aliphatic rings. The van der Waals surface area contributed by atoms with Gasteiger partial charge in [0.15, 0.2) is 11.6 Å². The van der Waals surface area contributed by atoms with Crippen LogP contribution in [-0.2, 0) is 20.9 Å². The van der Waals surface area contributed by atoms with E-state index in [9.17, 15) is 9.18 Å². The van der Waals surface area contributed by atoms with Crippen LogP contribution >= 0.6 is 0 Å². The molecule has 2 aromatic carbocycles. The summed E-state index contributed by atoms with van der Waals surface area (Å²) in [6.45, 7) is 3.48. The quantitative estimate of drug-likeness (QED) is 0.590. The third-order valence-corrected chi connectivity index (χ3v) is 4.12. The van der Waals surface area contributed by atoms with Crippen molar-refractivity contribution in [2.75, 3.05) is 0 Å². The highest BCUT2D eigenvalue weighted by Gasteiger charge is 2.27. The van der Waals surface area contributed by atoms with Gasteiger partial charge in [0.1, 0.15) is 18.8 Å². The average Bonchev–Trinajstić information content (AvgIpc) is 2.63. The first-order valence-corrected chi connectivity index (χ1v) is 8.50. The molecule has 3 atom stereocenters. The highest BCUT2D eigenvalue weighted by Crippen LogP contribution is 2.30. The van der Waals surface area contributed by atoms with Gasteiger partial charge in [-0.3, -0.25) is 4.79 Å². The number of rotatable bonds is 5. The van der Waals surface area contributed by atoms with E-state index in [1.165, 1.54) is 13.0 Å². The van der Waals surface area contributed by atoms with Gasteiger partial charge in [0.2, 0.25) is 0 Å². The van der Waals surface area contributed by atoms with Crippen LogP contribution in [0.5, 0.6) is 5.75 Å². The molecule has 0 aliphatic carbocycles. The van der Waals surface area contributed by atoms with Crippen molar-refractivity contribution >= 4 is 5.97 Å². The second-order valence-corrected chi connectivity index (χ2v) is 6.18. The molecule has 0 saturated carbocycles. The Hall–Kier alpha value is -2.66. The standard InChI is InChI=1S/C21H21FO4/c1-14-19(26-15(2)23)10-11-20(25-14)17-8-9-21(18(22)12-17)24-13-16-6-4-3-5-7-16/h3-12,14,19-20H,13H2,1-2H3/t14-,19+,20+/m1/s1. The van der Waals surface area contributed by atoms with E-state index in [0.29, 0.717) is 12.2 Å². The minimum absolute atomic E-state index is 0.197. The molecule has 1 aliphatic heterocycles. The summed E-state index contributed by atoms with van der Waals surface area (Å²) in [6, 6.07) is 14.4. The number of benzene rings is 2. The van der Waals surface area contributed by atoms with Gasteiger partial charge in [-0.1, -0.05) is 42.5 Å². The molecule has 0 bridgehead atoms. The number of halogens is 1. The van der Waals surface area contributed by atoms with Crippen molar-refractivity contribution in [3.05, 3.63) is 77.6 Å². The Morgan fingerprint density at radius 2 is 1.92 bits per heavy atom. The summed E-state index contributed by atoms with van der Waals surface area (Å²) in [5.41, 5.74) is 1.65. The molecule has 5 heteroatoms. The van der Waals surface area contributed by atoms with Crippen LogP contribution in [-0.4, -0.2) is 18.2 Å². The maximum Gasteiger partial charge on any atom is 0.303 e. The van der Waals surface area contributed by atoms with E-state index in [2.05, 4.69) is 0 Å². The molecule has 0 radical (unpaired) electrons. The number of esters is 1. The zero-order valence-corrected chi connectivity index (χ0v) is 14.7. The van der Waals surface area contributed by atoms with E-state index >= 15 is 0 Å². The van der Waals surface area contributed by atoms with Gasteiger partial charge in [0.05, 0.1) is 6.10 Å². The second kappa shape index (κ2) is 8.15. The molecule has 0 spiro atoms. The summed E-state index contributed by atoms with van der Waals surface area (Å²) < 4.78 is 30.9. The van der Waals surface area contributed by atoms with E-state index in [1.54, 1.807) is 24.3 Å². The third kappa shape index (κ3) is 4.49. The van der Waals surface area contributed by atoms with Crippen LogP contribution in [0.25, 0.3) is 0 Å². The highest BCUT2D eigenvalue weighted by atomic mass is 19.1.